The van der Waals surface area contributed by atoms with Crippen molar-refractivity contribution in [2.24, 2.45) is 0 Å². The molecule has 1 aliphatic carbocycles. The molecule has 0 spiro atoms. The van der Waals surface area contributed by atoms with Gasteiger partial charge in [0.15, 0.2) is 0 Å². The number of amides is 2. The van der Waals surface area contributed by atoms with Crippen molar-refractivity contribution < 1.29 is 14.0 Å². The Morgan fingerprint density at radius 2 is 1.68 bits per heavy atom. The van der Waals surface area contributed by atoms with E-state index >= 15 is 0 Å². The first kappa shape index (κ1) is 20.1. The van der Waals surface area contributed by atoms with Gasteiger partial charge >= 0.3 is 0 Å². The molecule has 28 heavy (non-hydrogen) atoms. The topological polar surface area (TPSA) is 49.4 Å². The lowest BCUT2D eigenvalue weighted by atomic mass is 10.1. The first-order valence-corrected chi connectivity index (χ1v) is 9.91. The fourth-order valence-corrected chi connectivity index (χ4v) is 3.63. The van der Waals surface area contributed by atoms with Gasteiger partial charge in [0.25, 0.3) is 0 Å². The van der Waals surface area contributed by atoms with Crippen LogP contribution in [0.2, 0.25) is 0 Å². The summed E-state index contributed by atoms with van der Waals surface area (Å²) in [5.41, 5.74) is 1.70. The number of carbonyl (C=O) groups excluding carboxylic acids is 2. The van der Waals surface area contributed by atoms with Crippen molar-refractivity contribution in [2.75, 3.05) is 0 Å². The molecule has 1 atom stereocenters. The van der Waals surface area contributed by atoms with Crippen LogP contribution in [-0.4, -0.2) is 28.8 Å². The maximum atomic E-state index is 13.1. The van der Waals surface area contributed by atoms with E-state index in [4.69, 9.17) is 0 Å². The summed E-state index contributed by atoms with van der Waals surface area (Å²) in [6, 6.07) is 15.2. The third kappa shape index (κ3) is 5.41. The van der Waals surface area contributed by atoms with Gasteiger partial charge in [-0.25, -0.2) is 4.39 Å². The summed E-state index contributed by atoms with van der Waals surface area (Å²) >= 11 is 0. The largest absolute Gasteiger partial charge is 0.352 e. The van der Waals surface area contributed by atoms with E-state index in [1.54, 1.807) is 24.0 Å². The van der Waals surface area contributed by atoms with Crippen LogP contribution in [0.3, 0.4) is 0 Å². The van der Waals surface area contributed by atoms with Crippen LogP contribution in [0.15, 0.2) is 54.6 Å². The van der Waals surface area contributed by atoms with Crippen molar-refractivity contribution in [1.29, 1.82) is 0 Å². The van der Waals surface area contributed by atoms with Crippen molar-refractivity contribution in [3.8, 4) is 0 Å². The van der Waals surface area contributed by atoms with E-state index in [9.17, 15) is 14.0 Å². The molecule has 2 aromatic carbocycles. The fourth-order valence-electron chi connectivity index (χ4n) is 3.63. The van der Waals surface area contributed by atoms with Crippen LogP contribution in [0, 0.1) is 5.82 Å². The number of nitrogens with one attached hydrogen (secondary N) is 1. The van der Waals surface area contributed by atoms with Gasteiger partial charge in [0.2, 0.25) is 11.8 Å². The number of hydrogen-bond donors (Lipinski definition) is 1. The Balaban J connectivity index is 1.73. The van der Waals surface area contributed by atoms with Crippen LogP contribution >= 0.6 is 0 Å². The predicted molar refractivity (Wildman–Crippen MR) is 107 cm³/mol. The Hall–Kier alpha value is -2.69. The second-order valence-electron chi connectivity index (χ2n) is 7.48. The molecule has 4 nitrogen and oxygen atoms in total. The quantitative estimate of drug-likeness (QED) is 0.791. The summed E-state index contributed by atoms with van der Waals surface area (Å²) in [5, 5.41) is 3.09. The fraction of sp³-hybridized carbons (Fsp3) is 0.391. The number of benzene rings is 2. The molecule has 0 saturated heterocycles. The van der Waals surface area contributed by atoms with Gasteiger partial charge in [-0.3, -0.25) is 9.59 Å². The predicted octanol–water partition coefficient (Wildman–Crippen LogP) is 3.84. The normalized spacial score (nSPS) is 15.2. The second-order valence-corrected chi connectivity index (χ2v) is 7.48. The van der Waals surface area contributed by atoms with Crippen LogP contribution in [0.1, 0.15) is 43.7 Å². The van der Waals surface area contributed by atoms with Gasteiger partial charge in [0, 0.05) is 12.6 Å². The monoisotopic (exact) mass is 382 g/mol. The number of hydrogen-bond acceptors (Lipinski definition) is 2. The molecular weight excluding hydrogens is 355 g/mol. The minimum absolute atomic E-state index is 0.115. The Morgan fingerprint density at radius 1 is 1.04 bits per heavy atom. The average Bonchev–Trinajstić information content (AvgIpc) is 3.21. The van der Waals surface area contributed by atoms with Crippen molar-refractivity contribution in [1.82, 2.24) is 10.2 Å². The molecule has 1 N–H and O–H groups in total. The lowest BCUT2D eigenvalue weighted by Crippen LogP contribution is -2.50. The molecule has 5 heteroatoms. The third-order valence-electron chi connectivity index (χ3n) is 5.33. The summed E-state index contributed by atoms with van der Waals surface area (Å²) in [4.78, 5) is 27.4. The van der Waals surface area contributed by atoms with Gasteiger partial charge < -0.3 is 10.2 Å². The molecule has 0 aliphatic heterocycles. The van der Waals surface area contributed by atoms with Crippen LogP contribution in [0.5, 0.6) is 0 Å². The van der Waals surface area contributed by atoms with Gasteiger partial charge in [-0.05, 0) is 43.0 Å². The van der Waals surface area contributed by atoms with Crippen LogP contribution in [-0.2, 0) is 22.6 Å². The molecule has 1 aliphatic rings. The van der Waals surface area contributed by atoms with E-state index in [0.717, 1.165) is 36.8 Å². The maximum absolute atomic E-state index is 13.1. The van der Waals surface area contributed by atoms with Crippen molar-refractivity contribution in [2.45, 2.75) is 57.7 Å². The Bertz CT molecular complexity index is 786. The van der Waals surface area contributed by atoms with E-state index in [1.807, 2.05) is 30.3 Å². The highest BCUT2D eigenvalue weighted by molar-refractivity contribution is 5.88. The van der Waals surface area contributed by atoms with E-state index in [2.05, 4.69) is 5.32 Å². The molecule has 0 radical (unpaired) electrons. The molecule has 2 aromatic rings. The van der Waals surface area contributed by atoms with Gasteiger partial charge in [-0.2, -0.15) is 0 Å². The SMILES string of the molecule is CC(C(=O)NC1CCCC1)N(Cc1ccccc1)C(=O)Cc1ccc(F)cc1. The van der Waals surface area contributed by atoms with Crippen LogP contribution in [0.25, 0.3) is 0 Å². The molecule has 1 unspecified atom stereocenters. The smallest absolute Gasteiger partial charge is 0.242 e. The highest BCUT2D eigenvalue weighted by atomic mass is 19.1. The van der Waals surface area contributed by atoms with Crippen molar-refractivity contribution >= 4 is 11.8 Å². The minimum Gasteiger partial charge on any atom is -0.352 e. The van der Waals surface area contributed by atoms with Gasteiger partial charge in [0.1, 0.15) is 11.9 Å². The van der Waals surface area contributed by atoms with Gasteiger partial charge in [-0.15, -0.1) is 0 Å². The Kier molecular flexibility index (Phi) is 6.80. The number of carbonyl (C=O) groups is 2. The minimum atomic E-state index is -0.575. The Morgan fingerprint density at radius 3 is 2.32 bits per heavy atom. The van der Waals surface area contributed by atoms with Gasteiger partial charge in [-0.1, -0.05) is 55.3 Å². The average molecular weight is 382 g/mol. The third-order valence-corrected chi connectivity index (χ3v) is 5.33. The molecule has 1 fully saturated rings. The zero-order chi connectivity index (χ0) is 19.9. The second kappa shape index (κ2) is 9.49. The lowest BCUT2D eigenvalue weighted by molar-refractivity contribution is -0.140. The van der Waals surface area contributed by atoms with Crippen LogP contribution < -0.4 is 5.32 Å². The molecule has 1 saturated carbocycles. The maximum Gasteiger partial charge on any atom is 0.242 e. The summed E-state index contributed by atoms with van der Waals surface area (Å²) in [6.07, 6.45) is 4.41. The first-order valence-electron chi connectivity index (χ1n) is 9.91. The lowest BCUT2D eigenvalue weighted by Gasteiger charge is -2.30. The highest BCUT2D eigenvalue weighted by Crippen LogP contribution is 2.19. The zero-order valence-electron chi connectivity index (χ0n) is 16.2. The molecule has 0 aromatic heterocycles. The number of rotatable bonds is 7. The summed E-state index contributed by atoms with van der Waals surface area (Å²) in [5.74, 6) is -0.596. The summed E-state index contributed by atoms with van der Waals surface area (Å²) in [6.45, 7) is 2.13. The Labute approximate surface area is 165 Å². The summed E-state index contributed by atoms with van der Waals surface area (Å²) < 4.78 is 13.1. The zero-order valence-corrected chi connectivity index (χ0v) is 16.2. The molecule has 2 amide bonds. The molecular formula is C23H27FN2O2. The summed E-state index contributed by atoms with van der Waals surface area (Å²) in [7, 11) is 0. The van der Waals surface area contributed by atoms with Gasteiger partial charge in [0.05, 0.1) is 6.42 Å². The van der Waals surface area contributed by atoms with E-state index in [-0.39, 0.29) is 30.1 Å². The number of halogens is 1. The van der Waals surface area contributed by atoms with E-state index < -0.39 is 6.04 Å². The van der Waals surface area contributed by atoms with E-state index in [0.29, 0.717) is 6.54 Å². The van der Waals surface area contributed by atoms with Crippen LogP contribution in [0.4, 0.5) is 4.39 Å². The first-order chi connectivity index (χ1) is 13.5. The molecule has 0 heterocycles. The molecule has 148 valence electrons. The molecule has 0 bridgehead atoms. The highest BCUT2D eigenvalue weighted by Gasteiger charge is 2.28. The molecule has 3 rings (SSSR count). The van der Waals surface area contributed by atoms with E-state index in [1.165, 1.54) is 12.1 Å². The number of nitrogens with zero attached hydrogens (tertiary/aromatic N) is 1. The van der Waals surface area contributed by atoms with Crippen molar-refractivity contribution in [3.05, 3.63) is 71.5 Å². The van der Waals surface area contributed by atoms with Crippen molar-refractivity contribution in [3.63, 3.8) is 0 Å². The standard InChI is InChI=1S/C23H27FN2O2/c1-17(23(28)25-21-9-5-6-10-21)26(16-19-7-3-2-4-8-19)22(27)15-18-11-13-20(24)14-12-18/h2-4,7-8,11-14,17,21H,5-6,9-10,15-16H2,1H3,(H,25,28).